The zero-order valence-electron chi connectivity index (χ0n) is 29.2. The third kappa shape index (κ3) is 28.0. The molecule has 1 N–H and O–H groups in total. The molecule has 46 heavy (non-hydrogen) atoms. The minimum absolute atomic E-state index is 0.0436. The van der Waals surface area contributed by atoms with E-state index in [2.05, 4.69) is 38.2 Å². The van der Waals surface area contributed by atoms with Gasteiger partial charge >= 0.3 is 17.9 Å². The predicted molar refractivity (Wildman–Crippen MR) is 179 cm³/mol. The van der Waals surface area contributed by atoms with Crippen LogP contribution >= 0.6 is 0 Å². The maximum atomic E-state index is 12.4. The van der Waals surface area contributed by atoms with Crippen LogP contribution in [0.1, 0.15) is 137 Å². The van der Waals surface area contributed by atoms with Gasteiger partial charge in [0.2, 0.25) is 0 Å². The first kappa shape index (κ1) is 43.7. The maximum Gasteiger partial charge on any atom is 0.342 e. The second kappa shape index (κ2) is 32.7. The van der Waals surface area contributed by atoms with Crippen molar-refractivity contribution in [2.45, 2.75) is 149 Å². The third-order valence-electron chi connectivity index (χ3n) is 7.19. The predicted octanol–water partition coefficient (Wildman–Crippen LogP) is 7.71. The van der Waals surface area contributed by atoms with Crippen molar-refractivity contribution < 1.29 is 48.2 Å². The molecule has 0 aromatic rings. The number of hydrogen-bond acceptors (Lipinski definition) is 10. The molecule has 0 saturated heterocycles. The van der Waals surface area contributed by atoms with Crippen LogP contribution in [0.2, 0.25) is 0 Å². The topological polar surface area (TPSA) is 127 Å². The Morgan fingerprint density at radius 3 is 1.65 bits per heavy atom. The highest BCUT2D eigenvalue weighted by Crippen LogP contribution is 2.12. The summed E-state index contributed by atoms with van der Waals surface area (Å²) in [6.07, 6.45) is 20.4. The Bertz CT molecular complexity index is 770. The zero-order chi connectivity index (χ0) is 34.1. The van der Waals surface area contributed by atoms with E-state index >= 15 is 0 Å². The van der Waals surface area contributed by atoms with E-state index in [1.54, 1.807) is 0 Å². The van der Waals surface area contributed by atoms with Gasteiger partial charge in [-0.05, 0) is 77.0 Å². The fourth-order valence-electron chi connectivity index (χ4n) is 4.20. The standard InChI is InChI=1S/C36H64O10/c1-5-9-11-13-15-20-26-41-36(42-27-21-16-14-12-10-6-2)25-24-34(39)44-30-31(28-37)29-43-33(38)22-18-17-19-23-35(40)46-45-32(7-3)8-4/h9-12,31-32,36-37H,5-8,13-30H2,1-4H3/b11-9-,12-10-. The van der Waals surface area contributed by atoms with Gasteiger partial charge in [-0.15, -0.1) is 0 Å². The van der Waals surface area contributed by atoms with Gasteiger partial charge in [0.1, 0.15) is 6.10 Å². The molecule has 0 aromatic heterocycles. The normalized spacial score (nSPS) is 12.4. The number of unbranched alkanes of at least 4 members (excludes halogenated alkanes) is 6. The van der Waals surface area contributed by atoms with E-state index in [4.69, 9.17) is 28.7 Å². The second-order valence-electron chi connectivity index (χ2n) is 11.4. The van der Waals surface area contributed by atoms with Crippen molar-refractivity contribution >= 4 is 17.9 Å². The Kier molecular flexibility index (Phi) is 31.1. The quantitative estimate of drug-likeness (QED) is 0.0192. The van der Waals surface area contributed by atoms with E-state index < -0.39 is 30.1 Å². The van der Waals surface area contributed by atoms with Gasteiger partial charge in [0.05, 0.1) is 32.2 Å². The molecular weight excluding hydrogens is 592 g/mol. The van der Waals surface area contributed by atoms with Crippen LogP contribution in [-0.4, -0.2) is 68.4 Å². The van der Waals surface area contributed by atoms with Gasteiger partial charge in [0, 0.05) is 32.5 Å². The third-order valence-corrected chi connectivity index (χ3v) is 7.19. The van der Waals surface area contributed by atoms with Gasteiger partial charge in [-0.1, -0.05) is 58.4 Å². The highest BCUT2D eigenvalue weighted by Gasteiger charge is 2.17. The van der Waals surface area contributed by atoms with Gasteiger partial charge < -0.3 is 24.1 Å². The highest BCUT2D eigenvalue weighted by molar-refractivity contribution is 5.70. The van der Waals surface area contributed by atoms with Crippen molar-refractivity contribution in [1.82, 2.24) is 0 Å². The summed E-state index contributed by atoms with van der Waals surface area (Å²) in [6, 6.07) is 0. The number of aliphatic hydroxyl groups excluding tert-OH is 1. The summed E-state index contributed by atoms with van der Waals surface area (Å²) in [5.41, 5.74) is 0. The minimum atomic E-state index is -0.510. The Morgan fingerprint density at radius 2 is 1.15 bits per heavy atom. The molecule has 0 bridgehead atoms. The fraction of sp³-hybridized carbons (Fsp3) is 0.806. The molecule has 0 aliphatic rings. The number of allylic oxidation sites excluding steroid dienone is 4. The minimum Gasteiger partial charge on any atom is -0.465 e. The van der Waals surface area contributed by atoms with E-state index in [-0.39, 0.29) is 45.2 Å². The first-order chi connectivity index (χ1) is 22.4. The van der Waals surface area contributed by atoms with Crippen LogP contribution in [0.5, 0.6) is 0 Å². The van der Waals surface area contributed by atoms with E-state index in [1.807, 2.05) is 13.8 Å². The fourth-order valence-corrected chi connectivity index (χ4v) is 4.20. The Hall–Kier alpha value is -2.27. The smallest absolute Gasteiger partial charge is 0.342 e. The molecule has 1 atom stereocenters. The number of hydrogen-bond donors (Lipinski definition) is 1. The van der Waals surface area contributed by atoms with E-state index in [0.29, 0.717) is 38.9 Å². The molecule has 0 aromatic carbocycles. The first-order valence-electron chi connectivity index (χ1n) is 17.7. The van der Waals surface area contributed by atoms with Crippen LogP contribution < -0.4 is 0 Å². The number of esters is 2. The summed E-state index contributed by atoms with van der Waals surface area (Å²) in [5, 5.41) is 9.67. The molecule has 0 rings (SSSR count). The molecule has 10 heteroatoms. The molecule has 0 radical (unpaired) electrons. The van der Waals surface area contributed by atoms with Gasteiger partial charge in [0.25, 0.3) is 0 Å². The molecule has 0 fully saturated rings. The maximum absolute atomic E-state index is 12.4. The van der Waals surface area contributed by atoms with Gasteiger partial charge in [-0.25, -0.2) is 4.79 Å². The zero-order valence-corrected chi connectivity index (χ0v) is 29.2. The van der Waals surface area contributed by atoms with Crippen molar-refractivity contribution in [2.75, 3.05) is 33.0 Å². The van der Waals surface area contributed by atoms with Crippen molar-refractivity contribution in [2.24, 2.45) is 5.92 Å². The van der Waals surface area contributed by atoms with Gasteiger partial charge in [0.15, 0.2) is 6.29 Å². The number of carbonyl (C=O) groups excluding carboxylic acids is 3. The first-order valence-corrected chi connectivity index (χ1v) is 17.7. The lowest BCUT2D eigenvalue weighted by atomic mass is 10.1. The summed E-state index contributed by atoms with van der Waals surface area (Å²) in [7, 11) is 0. The molecule has 0 saturated carbocycles. The van der Waals surface area contributed by atoms with Crippen molar-refractivity contribution in [1.29, 1.82) is 0 Å². The number of carbonyl (C=O) groups is 3. The molecule has 0 heterocycles. The lowest BCUT2D eigenvalue weighted by molar-refractivity contribution is -0.298. The molecule has 0 aliphatic carbocycles. The van der Waals surface area contributed by atoms with Crippen LogP contribution in [0.25, 0.3) is 0 Å². The number of ether oxygens (including phenoxy) is 4. The molecule has 1 unspecified atom stereocenters. The van der Waals surface area contributed by atoms with E-state index in [1.165, 1.54) is 0 Å². The molecular formula is C36H64O10. The summed E-state index contributed by atoms with van der Waals surface area (Å²) in [5.74, 6) is -1.74. The largest absolute Gasteiger partial charge is 0.465 e. The van der Waals surface area contributed by atoms with Crippen LogP contribution in [-0.2, 0) is 43.1 Å². The SMILES string of the molecule is CC/C=C\CCCCOC(CCC(=O)OCC(CO)COC(=O)CCCCCC(=O)OOC(CC)CC)OCCCC/C=C\CC. The monoisotopic (exact) mass is 656 g/mol. The van der Waals surface area contributed by atoms with Crippen molar-refractivity contribution in [3.8, 4) is 0 Å². The highest BCUT2D eigenvalue weighted by atomic mass is 17.2. The summed E-state index contributed by atoms with van der Waals surface area (Å²) in [4.78, 5) is 46.2. The Morgan fingerprint density at radius 1 is 0.630 bits per heavy atom. The lowest BCUT2D eigenvalue weighted by Crippen LogP contribution is -2.25. The Labute approximate surface area is 278 Å². The molecule has 0 amide bonds. The lowest BCUT2D eigenvalue weighted by Gasteiger charge is -2.19. The van der Waals surface area contributed by atoms with Crippen LogP contribution in [0.3, 0.4) is 0 Å². The van der Waals surface area contributed by atoms with Crippen LogP contribution in [0, 0.1) is 5.92 Å². The Balaban J connectivity index is 4.29. The van der Waals surface area contributed by atoms with Crippen LogP contribution in [0.4, 0.5) is 0 Å². The molecule has 10 nitrogen and oxygen atoms in total. The molecule has 0 spiro atoms. The van der Waals surface area contributed by atoms with E-state index in [9.17, 15) is 19.5 Å². The van der Waals surface area contributed by atoms with Crippen LogP contribution in [0.15, 0.2) is 24.3 Å². The van der Waals surface area contributed by atoms with Gasteiger partial charge in [-0.2, -0.15) is 4.89 Å². The number of rotatable bonds is 32. The summed E-state index contributed by atoms with van der Waals surface area (Å²) in [6.45, 7) is 8.92. The summed E-state index contributed by atoms with van der Waals surface area (Å²) >= 11 is 0. The van der Waals surface area contributed by atoms with Gasteiger partial charge in [-0.3, -0.25) is 14.5 Å². The van der Waals surface area contributed by atoms with Crippen molar-refractivity contribution in [3.63, 3.8) is 0 Å². The molecule has 0 aliphatic heterocycles. The number of aliphatic hydroxyl groups is 1. The van der Waals surface area contributed by atoms with E-state index in [0.717, 1.165) is 64.2 Å². The summed E-state index contributed by atoms with van der Waals surface area (Å²) < 4.78 is 22.5. The van der Waals surface area contributed by atoms with Crippen molar-refractivity contribution in [3.05, 3.63) is 24.3 Å². The average molecular weight is 657 g/mol. The average Bonchev–Trinajstić information content (AvgIpc) is 3.06. The molecule has 268 valence electrons. The second-order valence-corrected chi connectivity index (χ2v) is 11.4.